The van der Waals surface area contributed by atoms with E-state index in [1.807, 2.05) is 0 Å². The molecular weight excluding hydrogens is 505 g/mol. The van der Waals surface area contributed by atoms with Crippen molar-refractivity contribution in [3.05, 3.63) is 34.8 Å². The zero-order chi connectivity index (χ0) is 24.8. The lowest BCUT2D eigenvalue weighted by molar-refractivity contribution is -0.141. The summed E-state index contributed by atoms with van der Waals surface area (Å²) in [7, 11) is -17.1. The zero-order valence-corrected chi connectivity index (χ0v) is 18.2. The van der Waals surface area contributed by atoms with Gasteiger partial charge in [0.25, 0.3) is 0 Å². The average Bonchev–Trinajstić information content (AvgIpc) is 2.77. The highest BCUT2D eigenvalue weighted by atomic mass is 31.3. The van der Waals surface area contributed by atoms with Gasteiger partial charge in [-0.2, -0.15) is 18.9 Å². The van der Waals surface area contributed by atoms with Crippen LogP contribution in [0.5, 0.6) is 0 Å². The fraction of sp³-hybridized carbons (Fsp3) is 0.364. The third-order valence-electron chi connectivity index (χ3n) is 3.79. The highest BCUT2D eigenvalue weighted by Crippen LogP contribution is 2.66. The molecule has 0 radical (unpaired) electrons. The third kappa shape index (κ3) is 5.26. The standard InChI is InChI=1S/C11H15N4O14P3/c1-10(18)8(16)6(4-26-31(22,23)29-32(24,25)28-30(19,20)21)27-11(10,5-12)15-3-2-7(13)14-9(15)17/h2-4,8,16,18H,1H3,(H,22,23)(H,24,25)(H2,13,14,17)(H2,19,20,21)/b6-4+/t8-,10-,11-/m1/s1. The van der Waals surface area contributed by atoms with Crippen molar-refractivity contribution in [3.63, 3.8) is 0 Å². The number of aromatic nitrogens is 2. The molecule has 0 amide bonds. The van der Waals surface area contributed by atoms with E-state index in [2.05, 4.69) is 18.1 Å². The number of aliphatic hydroxyl groups is 2. The smallest absolute Gasteiger partial charge is 0.450 e. The van der Waals surface area contributed by atoms with Gasteiger partial charge in [0.15, 0.2) is 11.4 Å². The molecule has 178 valence electrons. The minimum absolute atomic E-state index is 0.0895. The van der Waals surface area contributed by atoms with Crippen LogP contribution in [0.3, 0.4) is 0 Å². The van der Waals surface area contributed by atoms with Crippen LogP contribution in [0.15, 0.2) is 29.1 Å². The van der Waals surface area contributed by atoms with Gasteiger partial charge in [-0.1, -0.05) is 0 Å². The summed E-state index contributed by atoms with van der Waals surface area (Å²) in [5, 5.41) is 30.6. The molecule has 1 aromatic rings. The van der Waals surface area contributed by atoms with Gasteiger partial charge in [0.2, 0.25) is 0 Å². The maximum Gasteiger partial charge on any atom is 0.535 e. The largest absolute Gasteiger partial charge is 0.535 e. The molecule has 0 spiro atoms. The Morgan fingerprint density at radius 3 is 2.38 bits per heavy atom. The van der Waals surface area contributed by atoms with Crippen molar-refractivity contribution in [2.45, 2.75) is 24.4 Å². The van der Waals surface area contributed by atoms with Gasteiger partial charge < -0.3 is 39.9 Å². The molecule has 32 heavy (non-hydrogen) atoms. The molecule has 8 N–H and O–H groups in total. The Kier molecular flexibility index (Phi) is 6.81. The van der Waals surface area contributed by atoms with Gasteiger partial charge in [0, 0.05) is 6.20 Å². The second kappa shape index (κ2) is 8.34. The molecule has 5 atom stereocenters. The lowest BCUT2D eigenvalue weighted by atomic mass is 9.89. The SMILES string of the molecule is C[C@@]1(O)[C@H](O)/C(=C\OP(=O)(O)OP(=O)(O)OP(=O)(O)O)O[C@@]1(C#N)n1ccc(N)nc1=O. The van der Waals surface area contributed by atoms with E-state index in [0.29, 0.717) is 4.57 Å². The summed E-state index contributed by atoms with van der Waals surface area (Å²) in [6, 6.07) is 2.52. The van der Waals surface area contributed by atoms with Crippen molar-refractivity contribution in [3.8, 4) is 6.07 Å². The number of anilines is 1. The minimum atomic E-state index is -5.83. The lowest BCUT2D eigenvalue weighted by Crippen LogP contribution is -2.57. The molecule has 18 nitrogen and oxygen atoms in total. The van der Waals surface area contributed by atoms with Crippen LogP contribution >= 0.6 is 23.5 Å². The molecule has 1 aromatic heterocycles. The van der Waals surface area contributed by atoms with E-state index in [-0.39, 0.29) is 12.1 Å². The van der Waals surface area contributed by atoms with Crippen molar-refractivity contribution in [1.82, 2.24) is 9.55 Å². The Bertz CT molecular complexity index is 1180. The van der Waals surface area contributed by atoms with Gasteiger partial charge in [-0.05, 0) is 13.0 Å². The van der Waals surface area contributed by atoms with Crippen LogP contribution in [0.4, 0.5) is 5.82 Å². The number of nitrogen functional groups attached to an aromatic ring is 1. The number of hydrogen-bond donors (Lipinski definition) is 7. The fourth-order valence-corrected chi connectivity index (χ4v) is 5.33. The van der Waals surface area contributed by atoms with Crippen LogP contribution in [-0.2, 0) is 37.3 Å². The Morgan fingerprint density at radius 2 is 1.88 bits per heavy atom. The average molecular weight is 520 g/mol. The van der Waals surface area contributed by atoms with Gasteiger partial charge in [-0.15, -0.1) is 0 Å². The first kappa shape index (κ1) is 26.1. The molecule has 21 heteroatoms. The normalized spacial score (nSPS) is 30.7. The third-order valence-corrected chi connectivity index (χ3v) is 7.49. The maximum absolute atomic E-state index is 12.1. The number of nitrogens with two attached hydrogens (primary N) is 1. The van der Waals surface area contributed by atoms with Crippen molar-refractivity contribution in [2.75, 3.05) is 5.73 Å². The molecular formula is C11H15N4O14P3. The second-order valence-electron chi connectivity index (χ2n) is 6.13. The number of aliphatic hydroxyl groups excluding tert-OH is 1. The topological polar surface area (TPSA) is 294 Å². The van der Waals surface area contributed by atoms with Crippen LogP contribution in [0.25, 0.3) is 0 Å². The van der Waals surface area contributed by atoms with Gasteiger partial charge in [-0.3, -0.25) is 4.89 Å². The Morgan fingerprint density at radius 1 is 1.28 bits per heavy atom. The number of nitriles is 1. The highest BCUT2D eigenvalue weighted by Gasteiger charge is 2.65. The van der Waals surface area contributed by atoms with Gasteiger partial charge in [0.05, 0.1) is 0 Å². The van der Waals surface area contributed by atoms with E-state index in [0.717, 1.165) is 19.2 Å². The van der Waals surface area contributed by atoms with Crippen LogP contribution in [-0.4, -0.2) is 51.0 Å². The molecule has 1 aliphatic heterocycles. The first-order valence-electron chi connectivity index (χ1n) is 7.74. The fourth-order valence-electron chi connectivity index (χ4n) is 2.44. The van der Waals surface area contributed by atoms with Crippen molar-refractivity contribution in [2.24, 2.45) is 0 Å². The molecule has 1 aliphatic rings. The maximum atomic E-state index is 12.1. The van der Waals surface area contributed by atoms with E-state index < -0.39 is 52.3 Å². The molecule has 0 aliphatic carbocycles. The van der Waals surface area contributed by atoms with Crippen LogP contribution in [0.1, 0.15) is 6.92 Å². The predicted molar refractivity (Wildman–Crippen MR) is 97.2 cm³/mol. The number of phosphoric ester groups is 1. The summed E-state index contributed by atoms with van der Waals surface area (Å²) in [4.78, 5) is 51.0. The van der Waals surface area contributed by atoms with E-state index >= 15 is 0 Å². The highest BCUT2D eigenvalue weighted by molar-refractivity contribution is 7.66. The van der Waals surface area contributed by atoms with Crippen molar-refractivity contribution < 1.29 is 61.4 Å². The summed E-state index contributed by atoms with van der Waals surface area (Å²) >= 11 is 0. The summed E-state index contributed by atoms with van der Waals surface area (Å²) in [6.45, 7) is 0.857. The zero-order valence-electron chi connectivity index (χ0n) is 15.5. The predicted octanol–water partition coefficient (Wildman–Crippen LogP) is -1.67. The quantitative estimate of drug-likeness (QED) is 0.156. The number of hydrogen-bond acceptors (Lipinski definition) is 13. The van der Waals surface area contributed by atoms with Gasteiger partial charge >= 0.3 is 34.9 Å². The van der Waals surface area contributed by atoms with Crippen molar-refractivity contribution >= 4 is 29.3 Å². The van der Waals surface area contributed by atoms with Crippen LogP contribution in [0, 0.1) is 11.3 Å². The van der Waals surface area contributed by atoms with E-state index in [1.165, 1.54) is 6.07 Å². The van der Waals surface area contributed by atoms with E-state index in [1.54, 1.807) is 0 Å². The van der Waals surface area contributed by atoms with Crippen LogP contribution in [0.2, 0.25) is 0 Å². The number of ether oxygens (including phenoxy) is 1. The Balaban J connectivity index is 2.39. The first-order valence-corrected chi connectivity index (χ1v) is 12.3. The molecule has 1 saturated heterocycles. The molecule has 1 fully saturated rings. The molecule has 2 unspecified atom stereocenters. The van der Waals surface area contributed by atoms with Crippen LogP contribution < -0.4 is 11.4 Å². The van der Waals surface area contributed by atoms with Crippen molar-refractivity contribution in [1.29, 1.82) is 5.26 Å². The minimum Gasteiger partial charge on any atom is -0.450 e. The Labute approximate surface area is 177 Å². The monoisotopic (exact) mass is 520 g/mol. The molecule has 0 saturated carbocycles. The van der Waals surface area contributed by atoms with Gasteiger partial charge in [-0.25, -0.2) is 23.1 Å². The molecule has 0 aromatic carbocycles. The lowest BCUT2D eigenvalue weighted by Gasteiger charge is -2.33. The summed E-state index contributed by atoms with van der Waals surface area (Å²) in [6.07, 6.45) is -1.20. The molecule has 0 bridgehead atoms. The Hall–Kier alpha value is -2.12. The summed E-state index contributed by atoms with van der Waals surface area (Å²) in [5.74, 6) is -1.19. The van der Waals surface area contributed by atoms with E-state index in [9.17, 15) is 38.9 Å². The summed E-state index contributed by atoms with van der Waals surface area (Å²) < 4.78 is 50.5. The second-order valence-corrected chi connectivity index (χ2v) is 10.5. The summed E-state index contributed by atoms with van der Waals surface area (Å²) in [5.41, 5.74) is -1.15. The number of phosphoric acid groups is 3. The van der Waals surface area contributed by atoms with E-state index in [4.69, 9.17) is 25.2 Å². The van der Waals surface area contributed by atoms with Gasteiger partial charge in [0.1, 0.15) is 24.3 Å². The molecule has 2 heterocycles. The first-order chi connectivity index (χ1) is 14.4. The number of rotatable bonds is 7. The number of nitrogens with zero attached hydrogens (tertiary/aromatic N) is 3. The molecule has 2 rings (SSSR count).